The van der Waals surface area contributed by atoms with Crippen molar-refractivity contribution < 1.29 is 4.74 Å². The molecule has 0 aromatic heterocycles. The number of nitrogens with two attached hydrogens (primary N) is 1. The van der Waals surface area contributed by atoms with Gasteiger partial charge < -0.3 is 10.5 Å². The van der Waals surface area contributed by atoms with E-state index in [1.54, 1.807) is 7.11 Å². The molecule has 1 aliphatic carbocycles. The molecule has 1 atom stereocenters. The van der Waals surface area contributed by atoms with Crippen molar-refractivity contribution in [2.24, 2.45) is 17.1 Å². The molecule has 2 nitrogen and oxygen atoms in total. The van der Waals surface area contributed by atoms with Crippen molar-refractivity contribution in [3.8, 4) is 5.75 Å². The lowest BCUT2D eigenvalue weighted by Crippen LogP contribution is -2.35. The van der Waals surface area contributed by atoms with Crippen LogP contribution in [0.1, 0.15) is 31.4 Å². The lowest BCUT2D eigenvalue weighted by molar-refractivity contribution is 0.199. The highest BCUT2D eigenvalue weighted by Crippen LogP contribution is 2.37. The van der Waals surface area contributed by atoms with E-state index >= 15 is 0 Å². The first-order valence-electron chi connectivity index (χ1n) is 6.42. The van der Waals surface area contributed by atoms with Gasteiger partial charge in [0.25, 0.3) is 0 Å². The van der Waals surface area contributed by atoms with Crippen molar-refractivity contribution in [3.63, 3.8) is 0 Å². The van der Waals surface area contributed by atoms with Gasteiger partial charge in [-0.25, -0.2) is 0 Å². The second-order valence-electron chi connectivity index (χ2n) is 5.77. The number of hydrogen-bond acceptors (Lipinski definition) is 2. The molecule has 94 valence electrons. The summed E-state index contributed by atoms with van der Waals surface area (Å²) in [5.74, 6) is 1.67. The first-order valence-corrected chi connectivity index (χ1v) is 6.42. The fourth-order valence-corrected chi connectivity index (χ4v) is 2.69. The van der Waals surface area contributed by atoms with Gasteiger partial charge in [-0.05, 0) is 60.4 Å². The summed E-state index contributed by atoms with van der Waals surface area (Å²) < 4.78 is 5.28. The third kappa shape index (κ3) is 2.47. The highest BCUT2D eigenvalue weighted by molar-refractivity contribution is 5.37. The topological polar surface area (TPSA) is 35.2 Å². The Labute approximate surface area is 104 Å². The van der Waals surface area contributed by atoms with Gasteiger partial charge in [-0.2, -0.15) is 0 Å². The summed E-state index contributed by atoms with van der Waals surface area (Å²) >= 11 is 0. The Balaban J connectivity index is 2.20. The Kier molecular flexibility index (Phi) is 3.43. The van der Waals surface area contributed by atoms with Crippen molar-refractivity contribution in [1.82, 2.24) is 0 Å². The van der Waals surface area contributed by atoms with Gasteiger partial charge in [0.15, 0.2) is 0 Å². The molecular formula is C15H23NO. The van der Waals surface area contributed by atoms with Crippen molar-refractivity contribution >= 4 is 0 Å². The Morgan fingerprint density at radius 3 is 2.76 bits per heavy atom. The van der Waals surface area contributed by atoms with Crippen molar-refractivity contribution in [2.75, 3.05) is 13.7 Å². The average Bonchev–Trinajstić information content (AvgIpc) is 2.37. The van der Waals surface area contributed by atoms with E-state index in [-0.39, 0.29) is 5.41 Å². The average molecular weight is 233 g/mol. The van der Waals surface area contributed by atoms with Crippen LogP contribution in [0.2, 0.25) is 0 Å². The van der Waals surface area contributed by atoms with Crippen LogP contribution in [-0.2, 0) is 12.8 Å². The highest BCUT2D eigenvalue weighted by atomic mass is 16.5. The summed E-state index contributed by atoms with van der Waals surface area (Å²) in [6, 6.07) is 6.46. The zero-order chi connectivity index (χ0) is 12.5. The first-order chi connectivity index (χ1) is 8.06. The van der Waals surface area contributed by atoms with Gasteiger partial charge in [0.2, 0.25) is 0 Å². The van der Waals surface area contributed by atoms with Gasteiger partial charge in [0.05, 0.1) is 7.11 Å². The molecule has 2 heteroatoms. The number of rotatable bonds is 3. The normalized spacial score (nSPS) is 19.9. The second kappa shape index (κ2) is 4.69. The molecule has 1 aromatic rings. The predicted molar refractivity (Wildman–Crippen MR) is 71.3 cm³/mol. The van der Waals surface area contributed by atoms with E-state index < -0.39 is 0 Å². The molecule has 0 spiro atoms. The molecule has 0 saturated carbocycles. The molecule has 1 aliphatic rings. The molecule has 2 rings (SSSR count). The van der Waals surface area contributed by atoms with E-state index in [0.717, 1.165) is 25.1 Å². The van der Waals surface area contributed by atoms with Gasteiger partial charge in [0, 0.05) is 0 Å². The van der Waals surface area contributed by atoms with E-state index in [2.05, 4.69) is 32.0 Å². The molecular weight excluding hydrogens is 210 g/mol. The summed E-state index contributed by atoms with van der Waals surface area (Å²) in [4.78, 5) is 0. The lowest BCUT2D eigenvalue weighted by Gasteiger charge is -2.37. The van der Waals surface area contributed by atoms with E-state index in [9.17, 15) is 0 Å². The van der Waals surface area contributed by atoms with Crippen molar-refractivity contribution in [2.45, 2.75) is 33.1 Å². The van der Waals surface area contributed by atoms with Crippen LogP contribution in [0.25, 0.3) is 0 Å². The molecule has 17 heavy (non-hydrogen) atoms. The molecule has 0 amide bonds. The van der Waals surface area contributed by atoms with Crippen LogP contribution in [0.5, 0.6) is 5.75 Å². The smallest absolute Gasteiger partial charge is 0.119 e. The molecule has 0 heterocycles. The third-order valence-electron chi connectivity index (χ3n) is 4.27. The van der Waals surface area contributed by atoms with Gasteiger partial charge in [0.1, 0.15) is 5.75 Å². The summed E-state index contributed by atoms with van der Waals surface area (Å²) in [6.07, 6.45) is 3.55. The van der Waals surface area contributed by atoms with Crippen molar-refractivity contribution in [1.29, 1.82) is 0 Å². The first kappa shape index (κ1) is 12.4. The maximum absolute atomic E-state index is 5.88. The largest absolute Gasteiger partial charge is 0.497 e. The molecule has 2 N–H and O–H groups in total. The maximum atomic E-state index is 5.88. The summed E-state index contributed by atoms with van der Waals surface area (Å²) in [5, 5.41) is 0. The number of hydrogen-bond donors (Lipinski definition) is 1. The summed E-state index contributed by atoms with van der Waals surface area (Å²) in [6.45, 7) is 5.33. The Morgan fingerprint density at radius 2 is 2.12 bits per heavy atom. The Bertz CT molecular complexity index is 398. The van der Waals surface area contributed by atoms with E-state index in [1.807, 2.05) is 0 Å². The molecule has 1 unspecified atom stereocenters. The van der Waals surface area contributed by atoms with Crippen LogP contribution in [0.15, 0.2) is 18.2 Å². The quantitative estimate of drug-likeness (QED) is 0.871. The predicted octanol–water partition coefficient (Wildman–Crippen LogP) is 2.79. The summed E-state index contributed by atoms with van der Waals surface area (Å²) in [7, 11) is 1.73. The van der Waals surface area contributed by atoms with Crippen LogP contribution >= 0.6 is 0 Å². The number of benzene rings is 1. The third-order valence-corrected chi connectivity index (χ3v) is 4.27. The Morgan fingerprint density at radius 1 is 1.35 bits per heavy atom. The zero-order valence-electron chi connectivity index (χ0n) is 11.1. The monoisotopic (exact) mass is 233 g/mol. The van der Waals surface area contributed by atoms with Gasteiger partial charge >= 0.3 is 0 Å². The molecule has 0 aliphatic heterocycles. The molecule has 0 bridgehead atoms. The minimum atomic E-state index is 0.248. The van der Waals surface area contributed by atoms with E-state index in [4.69, 9.17) is 10.5 Å². The van der Waals surface area contributed by atoms with Crippen molar-refractivity contribution in [3.05, 3.63) is 29.3 Å². The number of fused-ring (bicyclic) bond motifs is 1. The highest BCUT2D eigenvalue weighted by Gasteiger charge is 2.31. The van der Waals surface area contributed by atoms with Gasteiger partial charge in [-0.3, -0.25) is 0 Å². The SMILES string of the molecule is COc1ccc2c(c1)CCC(C(C)(C)CN)C2. The standard InChI is InChI=1S/C15H23NO/c1-15(2,10-16)13-6-4-12-9-14(17-3)7-5-11(12)8-13/h5,7,9,13H,4,6,8,10,16H2,1-3H3. The fraction of sp³-hybridized carbons (Fsp3) is 0.600. The van der Waals surface area contributed by atoms with Crippen LogP contribution in [0.4, 0.5) is 0 Å². The van der Waals surface area contributed by atoms with E-state index in [0.29, 0.717) is 5.92 Å². The van der Waals surface area contributed by atoms with Crippen LogP contribution in [0, 0.1) is 11.3 Å². The van der Waals surface area contributed by atoms with E-state index in [1.165, 1.54) is 17.5 Å². The van der Waals surface area contributed by atoms with Crippen LogP contribution < -0.4 is 10.5 Å². The van der Waals surface area contributed by atoms with Gasteiger partial charge in [-0.1, -0.05) is 19.9 Å². The zero-order valence-corrected chi connectivity index (χ0v) is 11.1. The second-order valence-corrected chi connectivity index (χ2v) is 5.77. The van der Waals surface area contributed by atoms with Gasteiger partial charge in [-0.15, -0.1) is 0 Å². The minimum absolute atomic E-state index is 0.248. The molecule has 0 radical (unpaired) electrons. The lowest BCUT2D eigenvalue weighted by atomic mass is 9.69. The van der Waals surface area contributed by atoms with Crippen LogP contribution in [0.3, 0.4) is 0 Å². The van der Waals surface area contributed by atoms with Crippen LogP contribution in [-0.4, -0.2) is 13.7 Å². The molecule has 0 saturated heterocycles. The number of methoxy groups -OCH3 is 1. The minimum Gasteiger partial charge on any atom is -0.497 e. The molecule has 1 aromatic carbocycles. The number of aryl methyl sites for hydroxylation is 1. The summed E-state index contributed by atoms with van der Waals surface area (Å²) in [5.41, 5.74) is 9.06. The number of ether oxygens (including phenoxy) is 1. The molecule has 0 fully saturated rings. The Hall–Kier alpha value is -1.02. The fourth-order valence-electron chi connectivity index (χ4n) is 2.69. The maximum Gasteiger partial charge on any atom is 0.119 e.